The number of amides is 1. The summed E-state index contributed by atoms with van der Waals surface area (Å²) in [4.78, 5) is 13.0. The van der Waals surface area contributed by atoms with Crippen LogP contribution in [-0.2, 0) is 11.2 Å². The minimum absolute atomic E-state index is 0.152. The first-order valence-electron chi connectivity index (χ1n) is 5.51. The van der Waals surface area contributed by atoms with Crippen LogP contribution in [0.1, 0.15) is 18.1 Å². The number of benzene rings is 1. The molecule has 0 saturated heterocycles. The highest BCUT2D eigenvalue weighted by Crippen LogP contribution is 2.10. The molecule has 3 heteroatoms. The van der Waals surface area contributed by atoms with E-state index in [1.54, 1.807) is 20.2 Å². The van der Waals surface area contributed by atoms with E-state index in [-0.39, 0.29) is 11.5 Å². The minimum Gasteiger partial charge on any atom is -0.344 e. The molecule has 17 heavy (non-hydrogen) atoms. The Morgan fingerprint density at radius 1 is 1.35 bits per heavy atom. The molecule has 0 aliphatic carbocycles. The molecular weight excluding hydrogens is 212 g/mol. The number of hydrogen-bond donors (Lipinski definition) is 0. The molecule has 88 valence electrons. The molecule has 1 aromatic rings. The fourth-order valence-corrected chi connectivity index (χ4v) is 1.40. The summed E-state index contributed by atoms with van der Waals surface area (Å²) in [7, 11) is 3.27. The van der Waals surface area contributed by atoms with Gasteiger partial charge in [-0.2, -0.15) is 5.26 Å². The summed E-state index contributed by atoms with van der Waals surface area (Å²) < 4.78 is 0. The molecule has 0 atom stereocenters. The second kappa shape index (κ2) is 5.86. The lowest BCUT2D eigenvalue weighted by Gasteiger charge is -2.08. The standard InChI is InChI=1S/C14H16N2O/c1-4-11-5-7-12(8-6-11)9-13(10-15)14(17)16(2)3/h5-9H,4H2,1-3H3/b13-9+. The first-order chi connectivity index (χ1) is 8.08. The molecule has 1 amide bonds. The maximum atomic E-state index is 11.6. The Balaban J connectivity index is 2.99. The monoisotopic (exact) mass is 228 g/mol. The van der Waals surface area contributed by atoms with Gasteiger partial charge in [-0.15, -0.1) is 0 Å². The third-order valence-electron chi connectivity index (χ3n) is 2.46. The van der Waals surface area contributed by atoms with E-state index >= 15 is 0 Å². The summed E-state index contributed by atoms with van der Waals surface area (Å²) in [5.41, 5.74) is 2.26. The van der Waals surface area contributed by atoms with Crippen LogP contribution in [0.5, 0.6) is 0 Å². The summed E-state index contributed by atoms with van der Waals surface area (Å²) >= 11 is 0. The predicted molar refractivity (Wildman–Crippen MR) is 68.1 cm³/mol. The van der Waals surface area contributed by atoms with Crippen molar-refractivity contribution in [2.24, 2.45) is 0 Å². The maximum absolute atomic E-state index is 11.6. The number of rotatable bonds is 3. The van der Waals surface area contributed by atoms with E-state index in [2.05, 4.69) is 6.92 Å². The fourth-order valence-electron chi connectivity index (χ4n) is 1.40. The maximum Gasteiger partial charge on any atom is 0.264 e. The normalized spacial score (nSPS) is 10.8. The zero-order valence-electron chi connectivity index (χ0n) is 10.4. The van der Waals surface area contributed by atoms with Crippen LogP contribution in [0.25, 0.3) is 6.08 Å². The molecule has 0 aliphatic rings. The van der Waals surface area contributed by atoms with Gasteiger partial charge in [-0.25, -0.2) is 0 Å². The molecule has 0 fully saturated rings. The molecular formula is C14H16N2O. The van der Waals surface area contributed by atoms with Crippen molar-refractivity contribution in [1.82, 2.24) is 4.90 Å². The van der Waals surface area contributed by atoms with E-state index < -0.39 is 0 Å². The predicted octanol–water partition coefficient (Wildman–Crippen LogP) is 2.24. The van der Waals surface area contributed by atoms with Crippen molar-refractivity contribution in [3.8, 4) is 6.07 Å². The van der Waals surface area contributed by atoms with Crippen LogP contribution in [0.15, 0.2) is 29.8 Å². The number of hydrogen-bond acceptors (Lipinski definition) is 2. The van der Waals surface area contributed by atoms with E-state index in [0.717, 1.165) is 12.0 Å². The van der Waals surface area contributed by atoms with Crippen LogP contribution in [0.4, 0.5) is 0 Å². The van der Waals surface area contributed by atoms with Crippen LogP contribution in [0, 0.1) is 11.3 Å². The third-order valence-corrected chi connectivity index (χ3v) is 2.46. The zero-order chi connectivity index (χ0) is 12.8. The van der Waals surface area contributed by atoms with Gasteiger partial charge in [0.2, 0.25) is 0 Å². The van der Waals surface area contributed by atoms with Crippen molar-refractivity contribution in [2.45, 2.75) is 13.3 Å². The van der Waals surface area contributed by atoms with Crippen LogP contribution in [0.2, 0.25) is 0 Å². The number of carbonyl (C=O) groups is 1. The van der Waals surface area contributed by atoms with E-state index in [0.29, 0.717) is 0 Å². The van der Waals surface area contributed by atoms with Crippen molar-refractivity contribution in [3.63, 3.8) is 0 Å². The number of carbonyl (C=O) groups excluding carboxylic acids is 1. The Kier molecular flexibility index (Phi) is 4.47. The Labute approximate surface area is 102 Å². The molecule has 0 N–H and O–H groups in total. The van der Waals surface area contributed by atoms with Gasteiger partial charge in [0, 0.05) is 14.1 Å². The molecule has 0 radical (unpaired) electrons. The van der Waals surface area contributed by atoms with Gasteiger partial charge in [0.1, 0.15) is 11.6 Å². The summed E-state index contributed by atoms with van der Waals surface area (Å²) in [5.74, 6) is -0.271. The lowest BCUT2D eigenvalue weighted by Crippen LogP contribution is -2.22. The first-order valence-corrected chi connectivity index (χ1v) is 5.51. The second-order valence-corrected chi connectivity index (χ2v) is 3.96. The van der Waals surface area contributed by atoms with Crippen molar-refractivity contribution in [1.29, 1.82) is 5.26 Å². The first kappa shape index (κ1) is 13.0. The third kappa shape index (κ3) is 3.46. The Morgan fingerprint density at radius 3 is 2.35 bits per heavy atom. The Morgan fingerprint density at radius 2 is 1.94 bits per heavy atom. The minimum atomic E-state index is -0.271. The quantitative estimate of drug-likeness (QED) is 0.588. The van der Waals surface area contributed by atoms with Crippen molar-refractivity contribution in [2.75, 3.05) is 14.1 Å². The van der Waals surface area contributed by atoms with E-state index in [9.17, 15) is 4.79 Å². The molecule has 0 saturated carbocycles. The number of likely N-dealkylation sites (N-methyl/N-ethyl adjacent to an activating group) is 1. The summed E-state index contributed by atoms with van der Waals surface area (Å²) in [6, 6.07) is 9.76. The molecule has 0 spiro atoms. The van der Waals surface area contributed by atoms with Crippen LogP contribution in [0.3, 0.4) is 0 Å². The Bertz CT molecular complexity index is 464. The molecule has 1 aromatic carbocycles. The van der Waals surface area contributed by atoms with Gasteiger partial charge in [-0.05, 0) is 23.6 Å². The van der Waals surface area contributed by atoms with Gasteiger partial charge in [0.25, 0.3) is 5.91 Å². The molecule has 1 rings (SSSR count). The number of aryl methyl sites for hydroxylation is 1. The van der Waals surface area contributed by atoms with Crippen LogP contribution >= 0.6 is 0 Å². The summed E-state index contributed by atoms with van der Waals surface area (Å²) in [6.45, 7) is 2.08. The lowest BCUT2D eigenvalue weighted by atomic mass is 10.1. The molecule has 0 aliphatic heterocycles. The molecule has 0 aromatic heterocycles. The molecule has 0 unspecified atom stereocenters. The summed E-state index contributed by atoms with van der Waals surface area (Å²) in [5, 5.41) is 8.94. The van der Waals surface area contributed by atoms with E-state index in [1.807, 2.05) is 30.3 Å². The average molecular weight is 228 g/mol. The summed E-state index contributed by atoms with van der Waals surface area (Å²) in [6.07, 6.45) is 2.59. The van der Waals surface area contributed by atoms with Gasteiger partial charge in [-0.3, -0.25) is 4.79 Å². The van der Waals surface area contributed by atoms with Crippen molar-refractivity contribution >= 4 is 12.0 Å². The van der Waals surface area contributed by atoms with E-state index in [1.165, 1.54) is 10.5 Å². The fraction of sp³-hybridized carbons (Fsp3) is 0.286. The Hall–Kier alpha value is -2.08. The van der Waals surface area contributed by atoms with Gasteiger partial charge in [-0.1, -0.05) is 31.2 Å². The molecule has 0 heterocycles. The lowest BCUT2D eigenvalue weighted by molar-refractivity contribution is -0.124. The smallest absolute Gasteiger partial charge is 0.264 e. The highest BCUT2D eigenvalue weighted by Gasteiger charge is 2.10. The zero-order valence-corrected chi connectivity index (χ0v) is 10.4. The van der Waals surface area contributed by atoms with Crippen LogP contribution < -0.4 is 0 Å². The second-order valence-electron chi connectivity index (χ2n) is 3.96. The van der Waals surface area contributed by atoms with Gasteiger partial charge in [0.05, 0.1) is 0 Å². The molecule has 0 bridgehead atoms. The number of nitriles is 1. The van der Waals surface area contributed by atoms with E-state index in [4.69, 9.17) is 5.26 Å². The van der Waals surface area contributed by atoms with Gasteiger partial charge < -0.3 is 4.90 Å². The largest absolute Gasteiger partial charge is 0.344 e. The highest BCUT2D eigenvalue weighted by atomic mass is 16.2. The topological polar surface area (TPSA) is 44.1 Å². The number of nitrogens with zero attached hydrogens (tertiary/aromatic N) is 2. The van der Waals surface area contributed by atoms with Crippen molar-refractivity contribution < 1.29 is 4.79 Å². The SMILES string of the molecule is CCc1ccc(/C=C(\C#N)C(=O)N(C)C)cc1. The average Bonchev–Trinajstić information content (AvgIpc) is 2.35. The van der Waals surface area contributed by atoms with Gasteiger partial charge in [0.15, 0.2) is 0 Å². The van der Waals surface area contributed by atoms with Crippen LogP contribution in [-0.4, -0.2) is 24.9 Å². The molecule has 3 nitrogen and oxygen atoms in total. The highest BCUT2D eigenvalue weighted by molar-refractivity contribution is 6.01. The van der Waals surface area contributed by atoms with Crippen molar-refractivity contribution in [3.05, 3.63) is 41.0 Å². The van der Waals surface area contributed by atoms with Gasteiger partial charge >= 0.3 is 0 Å².